The molecule has 0 bridgehead atoms. The molecule has 1 N–H and O–H groups in total. The van der Waals surface area contributed by atoms with E-state index in [1.165, 1.54) is 161 Å². The second-order valence-electron chi connectivity index (χ2n) is 24.9. The van der Waals surface area contributed by atoms with E-state index in [0.717, 1.165) is 109 Å². The predicted octanol–water partition coefficient (Wildman–Crippen LogP) is 23.4. The first-order chi connectivity index (χ1) is 42.5. The highest BCUT2D eigenvalue weighted by Gasteiger charge is 2.27. The molecule has 0 aromatic heterocycles. The molecule has 87 heavy (non-hydrogen) atoms. The van der Waals surface area contributed by atoms with Crippen molar-refractivity contribution in [2.75, 3.05) is 47.5 Å². The normalized spacial score (nSPS) is 13.9. The summed E-state index contributed by atoms with van der Waals surface area (Å²) in [5.74, 6) is -0.823. The van der Waals surface area contributed by atoms with Crippen LogP contribution in [-0.4, -0.2) is 74.9 Å². The molecule has 0 aromatic carbocycles. The van der Waals surface area contributed by atoms with Gasteiger partial charge in [0.1, 0.15) is 19.8 Å². The van der Waals surface area contributed by atoms with Crippen molar-refractivity contribution >= 4 is 19.8 Å². The lowest BCUT2D eigenvalue weighted by Crippen LogP contribution is -2.37. The molecule has 500 valence electrons. The van der Waals surface area contributed by atoms with Crippen LogP contribution in [0.25, 0.3) is 0 Å². The van der Waals surface area contributed by atoms with Crippen LogP contribution in [0.5, 0.6) is 0 Å². The van der Waals surface area contributed by atoms with Crippen LogP contribution in [0, 0.1) is 0 Å². The van der Waals surface area contributed by atoms with Gasteiger partial charge in [-0.2, -0.15) is 0 Å². The minimum absolute atomic E-state index is 0.0217. The first-order valence-electron chi connectivity index (χ1n) is 35.8. The molecule has 0 radical (unpaired) electrons. The van der Waals surface area contributed by atoms with Crippen LogP contribution < -0.4 is 0 Å². The van der Waals surface area contributed by atoms with E-state index in [0.29, 0.717) is 17.4 Å². The van der Waals surface area contributed by atoms with Gasteiger partial charge in [0, 0.05) is 12.8 Å². The van der Waals surface area contributed by atoms with Gasteiger partial charge in [0.2, 0.25) is 0 Å². The third kappa shape index (κ3) is 71.4. The Balaban J connectivity index is 4.14. The van der Waals surface area contributed by atoms with E-state index in [1.807, 2.05) is 21.1 Å². The van der Waals surface area contributed by atoms with Crippen LogP contribution in [0.3, 0.4) is 0 Å². The van der Waals surface area contributed by atoms with Crippen molar-refractivity contribution in [2.24, 2.45) is 0 Å². The lowest BCUT2D eigenvalue weighted by molar-refractivity contribution is -0.870. The van der Waals surface area contributed by atoms with Gasteiger partial charge in [0.15, 0.2) is 6.10 Å². The van der Waals surface area contributed by atoms with Crippen LogP contribution in [0.4, 0.5) is 0 Å². The first kappa shape index (κ1) is 83.4. The van der Waals surface area contributed by atoms with Crippen molar-refractivity contribution < 1.29 is 42.1 Å². The maximum atomic E-state index is 12.9. The number of carbonyl (C=O) groups excluding carboxylic acids is 2. The number of rotatable bonds is 65. The van der Waals surface area contributed by atoms with Crippen molar-refractivity contribution in [1.29, 1.82) is 0 Å². The average molecular weight is 1230 g/mol. The number of hydrogen-bond donors (Lipinski definition) is 1. The Morgan fingerprint density at radius 1 is 0.368 bits per heavy atom. The number of likely N-dealkylation sites (N-methyl/N-ethyl adjacent to an activating group) is 1. The molecule has 0 fully saturated rings. The number of quaternary nitrogens is 1. The maximum Gasteiger partial charge on any atom is 0.472 e. The number of unbranched alkanes of at least 4 members (excludes halogenated alkanes) is 31. The second kappa shape index (κ2) is 66.8. The molecule has 0 aromatic rings. The van der Waals surface area contributed by atoms with Crippen LogP contribution in [0.1, 0.15) is 303 Å². The maximum absolute atomic E-state index is 12.9. The van der Waals surface area contributed by atoms with E-state index in [-0.39, 0.29) is 32.0 Å². The van der Waals surface area contributed by atoms with Gasteiger partial charge < -0.3 is 18.9 Å². The summed E-state index contributed by atoms with van der Waals surface area (Å²) in [6, 6.07) is 0. The Morgan fingerprint density at radius 3 is 0.977 bits per heavy atom. The largest absolute Gasteiger partial charge is 0.472 e. The lowest BCUT2D eigenvalue weighted by atomic mass is 10.0. The van der Waals surface area contributed by atoms with E-state index in [2.05, 4.69) is 135 Å². The molecule has 10 heteroatoms. The number of allylic oxidation sites excluding steroid dienone is 20. The van der Waals surface area contributed by atoms with Crippen molar-refractivity contribution in [3.05, 3.63) is 122 Å². The zero-order valence-electron chi connectivity index (χ0n) is 57.0. The van der Waals surface area contributed by atoms with Gasteiger partial charge in [-0.1, -0.05) is 322 Å². The van der Waals surface area contributed by atoms with Crippen molar-refractivity contribution in [3.63, 3.8) is 0 Å². The molecule has 0 amide bonds. The molecule has 0 saturated heterocycles. The average Bonchev–Trinajstić information content (AvgIpc) is 3.67. The fourth-order valence-corrected chi connectivity index (χ4v) is 10.6. The van der Waals surface area contributed by atoms with Crippen LogP contribution >= 0.6 is 7.82 Å². The third-order valence-corrected chi connectivity index (χ3v) is 16.2. The topological polar surface area (TPSA) is 108 Å². The van der Waals surface area contributed by atoms with E-state index >= 15 is 0 Å². The number of hydrogen-bond acceptors (Lipinski definition) is 7. The monoisotopic (exact) mass is 1230 g/mol. The standard InChI is InChI=1S/C77H134NO8P/c1-6-8-10-12-14-16-18-20-22-24-26-28-30-32-34-36-37-38-39-40-41-42-44-46-48-50-52-54-56-58-60-62-64-66-68-70-77(80)86-75(74-85-87(81,82)84-72-71-78(3,4)5)73-83-76(79)69-67-65-63-61-59-57-55-53-51-49-47-45-43-35-33-31-29-27-25-23-21-19-17-15-13-11-9-7-2/h8,10,14,16,20,22,26,28,32,34,37-38,40-41,44,46,50,52,56,58,75H,6-7,9,11-13,15,17-19,21,23-25,27,29-31,33,35-36,39,42-43,45,47-49,51,53-55,57,59-74H2,1-5H3/p+1/b10-8-,16-14-,22-20-,28-26-,34-32-,38-37-,41-40-,46-44-,52-50-,58-56-. The summed E-state index contributed by atoms with van der Waals surface area (Å²) in [6.07, 6.45) is 96.0. The Labute approximate surface area is 537 Å². The van der Waals surface area contributed by atoms with Crippen molar-refractivity contribution in [3.8, 4) is 0 Å². The van der Waals surface area contributed by atoms with Crippen molar-refractivity contribution in [2.45, 2.75) is 309 Å². The molecule has 2 atom stereocenters. The molecular weight excluding hydrogens is 1100 g/mol. The van der Waals surface area contributed by atoms with Gasteiger partial charge in [-0.3, -0.25) is 18.6 Å². The van der Waals surface area contributed by atoms with Crippen LogP contribution in [-0.2, 0) is 32.7 Å². The number of carbonyl (C=O) groups is 2. The zero-order valence-corrected chi connectivity index (χ0v) is 57.9. The minimum Gasteiger partial charge on any atom is -0.462 e. The second-order valence-corrected chi connectivity index (χ2v) is 26.4. The fourth-order valence-electron chi connectivity index (χ4n) is 9.81. The number of phosphoric acid groups is 1. The summed E-state index contributed by atoms with van der Waals surface area (Å²) in [4.78, 5) is 35.9. The molecule has 0 aliphatic heterocycles. The predicted molar refractivity (Wildman–Crippen MR) is 376 cm³/mol. The fraction of sp³-hybridized carbons (Fsp3) is 0.714. The molecular formula is C77H135NO8P+. The highest BCUT2D eigenvalue weighted by molar-refractivity contribution is 7.47. The van der Waals surface area contributed by atoms with Crippen LogP contribution in [0.15, 0.2) is 122 Å². The van der Waals surface area contributed by atoms with Gasteiger partial charge in [-0.25, -0.2) is 4.57 Å². The van der Waals surface area contributed by atoms with Crippen LogP contribution in [0.2, 0.25) is 0 Å². The van der Waals surface area contributed by atoms with E-state index < -0.39 is 26.5 Å². The molecule has 0 heterocycles. The number of ether oxygens (including phenoxy) is 2. The first-order valence-corrected chi connectivity index (χ1v) is 37.3. The molecule has 2 unspecified atom stereocenters. The number of nitrogens with zero attached hydrogens (tertiary/aromatic N) is 1. The van der Waals surface area contributed by atoms with Gasteiger partial charge in [-0.15, -0.1) is 0 Å². The summed E-state index contributed by atoms with van der Waals surface area (Å²) < 4.78 is 34.7. The Morgan fingerprint density at radius 2 is 0.655 bits per heavy atom. The van der Waals surface area contributed by atoms with E-state index in [1.54, 1.807) is 0 Å². The highest BCUT2D eigenvalue weighted by Crippen LogP contribution is 2.43. The van der Waals surface area contributed by atoms with Gasteiger partial charge >= 0.3 is 19.8 Å². The zero-order chi connectivity index (χ0) is 63.4. The highest BCUT2D eigenvalue weighted by atomic mass is 31.2. The summed E-state index contributed by atoms with van der Waals surface area (Å²) in [6.45, 7) is 4.32. The molecule has 9 nitrogen and oxygen atoms in total. The lowest BCUT2D eigenvalue weighted by Gasteiger charge is -2.24. The molecule has 0 rings (SSSR count). The number of esters is 2. The molecule has 0 saturated carbocycles. The van der Waals surface area contributed by atoms with Gasteiger partial charge in [-0.05, 0) is 89.9 Å². The van der Waals surface area contributed by atoms with E-state index in [4.69, 9.17) is 18.5 Å². The molecule has 0 aliphatic carbocycles. The quantitative estimate of drug-likeness (QED) is 0.0211. The Bertz CT molecular complexity index is 1880. The summed E-state index contributed by atoms with van der Waals surface area (Å²) in [5, 5.41) is 0. The Hall–Kier alpha value is -3.59. The van der Waals surface area contributed by atoms with Gasteiger partial charge in [0.25, 0.3) is 0 Å². The third-order valence-electron chi connectivity index (χ3n) is 15.3. The summed E-state index contributed by atoms with van der Waals surface area (Å²) in [7, 11) is 1.45. The SMILES string of the molecule is CC/C=C\C/C=C\C/C=C\C/C=C\C/C=C\C/C=C\C/C=C\C/C=C\C/C=C\C/C=C\CCCCCCC(=O)OC(COC(=O)CCCCCCCCCCCCCCCCCCCCCCCCCCCCCC)COP(=O)(O)OCC[N+](C)(C)C. The van der Waals surface area contributed by atoms with Gasteiger partial charge in [0.05, 0.1) is 27.7 Å². The minimum atomic E-state index is -4.41. The van der Waals surface area contributed by atoms with E-state index in [9.17, 15) is 19.0 Å². The van der Waals surface area contributed by atoms with Crippen molar-refractivity contribution in [1.82, 2.24) is 0 Å². The Kier molecular flexibility index (Phi) is 64.1. The smallest absolute Gasteiger partial charge is 0.462 e. The summed E-state index contributed by atoms with van der Waals surface area (Å²) >= 11 is 0. The number of phosphoric ester groups is 1. The molecule has 0 aliphatic rings. The molecule has 0 spiro atoms. The summed E-state index contributed by atoms with van der Waals surface area (Å²) in [5.41, 5.74) is 0.